The molecule has 0 aliphatic heterocycles. The average Bonchev–Trinajstić information content (AvgIpc) is 3.53. The highest BCUT2D eigenvalue weighted by Gasteiger charge is 2.31. The highest BCUT2D eigenvalue weighted by molar-refractivity contribution is 7.91. The van der Waals surface area contributed by atoms with Crippen molar-refractivity contribution in [3.8, 4) is 10.7 Å². The predicted octanol–water partition coefficient (Wildman–Crippen LogP) is 3.19. The van der Waals surface area contributed by atoms with Crippen molar-refractivity contribution in [3.63, 3.8) is 0 Å². The Morgan fingerprint density at radius 2 is 2.00 bits per heavy atom. The second-order valence-electron chi connectivity index (χ2n) is 7.09. The van der Waals surface area contributed by atoms with E-state index in [9.17, 15) is 8.42 Å². The van der Waals surface area contributed by atoms with Crippen molar-refractivity contribution in [2.24, 2.45) is 21.8 Å². The monoisotopic (exact) mass is 438 g/mol. The van der Waals surface area contributed by atoms with Crippen molar-refractivity contribution in [1.29, 1.82) is 5.41 Å². The van der Waals surface area contributed by atoms with Crippen LogP contribution in [0.15, 0.2) is 21.3 Å². The van der Waals surface area contributed by atoms with Gasteiger partial charge in [0.1, 0.15) is 15.1 Å². The fourth-order valence-electron chi connectivity index (χ4n) is 2.80. The number of hydrogen-bond donors (Lipinski definition) is 3. The van der Waals surface area contributed by atoms with Crippen LogP contribution in [0.25, 0.3) is 10.7 Å². The van der Waals surface area contributed by atoms with Crippen LogP contribution in [-0.4, -0.2) is 29.9 Å². The van der Waals surface area contributed by atoms with Gasteiger partial charge in [0, 0.05) is 18.1 Å². The van der Waals surface area contributed by atoms with Crippen molar-refractivity contribution in [2.75, 3.05) is 0 Å². The number of rotatable bonds is 7. The molecule has 2 aromatic rings. The highest BCUT2D eigenvalue weighted by Crippen LogP contribution is 2.45. The van der Waals surface area contributed by atoms with Gasteiger partial charge in [-0.2, -0.15) is 0 Å². The summed E-state index contributed by atoms with van der Waals surface area (Å²) in [7, 11) is -3.79. The normalized spacial score (nSPS) is 17.7. The van der Waals surface area contributed by atoms with Crippen LogP contribution in [0, 0.1) is 11.3 Å². The quantitative estimate of drug-likeness (QED) is 0.448. The number of halogens is 1. The summed E-state index contributed by atoms with van der Waals surface area (Å²) in [6.45, 7) is 0. The summed E-state index contributed by atoms with van der Waals surface area (Å²) in [5.41, 5.74) is 7.30. The van der Waals surface area contributed by atoms with Gasteiger partial charge in [-0.1, -0.05) is 11.6 Å². The highest BCUT2D eigenvalue weighted by atomic mass is 35.5. The Labute approximate surface area is 171 Å². The molecule has 2 aliphatic rings. The van der Waals surface area contributed by atoms with Gasteiger partial charge in [0.05, 0.1) is 10.6 Å². The van der Waals surface area contributed by atoms with Gasteiger partial charge in [-0.15, -0.1) is 11.3 Å². The molecule has 148 valence electrons. The largest absolute Gasteiger partial charge is 0.387 e. The van der Waals surface area contributed by atoms with Gasteiger partial charge in [0.25, 0.3) is 0 Å². The molecule has 0 atom stereocenters. The van der Waals surface area contributed by atoms with Crippen molar-refractivity contribution in [3.05, 3.63) is 22.8 Å². The zero-order chi connectivity index (χ0) is 20.1. The SMILES string of the molecule is N=C(CC(N)=Nc1nc(-c2ccc(S(N)(=O)=O)s2)nc(C2CC2)c1Cl)C1CC1. The average molecular weight is 439 g/mol. The lowest BCUT2D eigenvalue weighted by Gasteiger charge is -2.08. The molecule has 0 amide bonds. The van der Waals surface area contributed by atoms with E-state index >= 15 is 0 Å². The Balaban J connectivity index is 1.71. The van der Waals surface area contributed by atoms with Gasteiger partial charge >= 0.3 is 0 Å². The number of nitrogens with zero attached hydrogens (tertiary/aromatic N) is 3. The van der Waals surface area contributed by atoms with E-state index in [-0.39, 0.29) is 28.2 Å². The lowest BCUT2D eigenvalue weighted by atomic mass is 10.2. The number of nitrogens with one attached hydrogen (secondary N) is 1. The van der Waals surface area contributed by atoms with Crippen LogP contribution in [0.1, 0.15) is 43.7 Å². The lowest BCUT2D eigenvalue weighted by Crippen LogP contribution is -2.17. The van der Waals surface area contributed by atoms with Gasteiger partial charge in [0.2, 0.25) is 10.0 Å². The fourth-order valence-corrected chi connectivity index (χ4v) is 4.75. The molecule has 28 heavy (non-hydrogen) atoms. The summed E-state index contributed by atoms with van der Waals surface area (Å²) < 4.78 is 23.2. The number of primary sulfonamides is 1. The number of aromatic nitrogens is 2. The van der Waals surface area contributed by atoms with Crippen LogP contribution in [0.3, 0.4) is 0 Å². The van der Waals surface area contributed by atoms with Crippen LogP contribution in [0.5, 0.6) is 0 Å². The third-order valence-corrected chi connectivity index (χ3v) is 7.48. The molecule has 0 aromatic carbocycles. The van der Waals surface area contributed by atoms with E-state index in [1.54, 1.807) is 6.07 Å². The van der Waals surface area contributed by atoms with Crippen LogP contribution in [-0.2, 0) is 10.0 Å². The molecule has 2 aromatic heterocycles. The molecule has 0 saturated heterocycles. The van der Waals surface area contributed by atoms with Gasteiger partial charge in [-0.05, 0) is 43.7 Å². The summed E-state index contributed by atoms with van der Waals surface area (Å²) in [6.07, 6.45) is 4.30. The molecule has 0 radical (unpaired) electrons. The number of amidine groups is 1. The third kappa shape index (κ3) is 4.24. The van der Waals surface area contributed by atoms with Gasteiger partial charge in [0.15, 0.2) is 11.6 Å². The standard InChI is InChI=1S/C17H19ClN6O2S2/c18-14-15(9-3-4-9)23-16(11-5-6-13(27-11)28(21,25)26)24-17(14)22-12(20)7-10(19)8-1-2-8/h5-6,8-9,19H,1-4,7H2,(H2,21,25,26)(H2,20,22,23,24). The molecular formula is C17H19ClN6O2S2. The van der Waals surface area contributed by atoms with Crippen LogP contribution in [0.2, 0.25) is 5.02 Å². The minimum absolute atomic E-state index is 0.0384. The topological polar surface area (TPSA) is 148 Å². The Bertz CT molecular complexity index is 1090. The molecule has 0 unspecified atom stereocenters. The van der Waals surface area contributed by atoms with E-state index in [4.69, 9.17) is 27.9 Å². The fraction of sp³-hybridized carbons (Fsp3) is 0.412. The predicted molar refractivity (Wildman–Crippen MR) is 110 cm³/mol. The zero-order valence-electron chi connectivity index (χ0n) is 14.9. The second-order valence-corrected chi connectivity index (χ2v) is 10.3. The van der Waals surface area contributed by atoms with Gasteiger partial charge in [-0.25, -0.2) is 28.5 Å². The summed E-state index contributed by atoms with van der Waals surface area (Å²) in [5, 5.41) is 13.6. The van der Waals surface area contributed by atoms with Gasteiger partial charge in [-0.3, -0.25) is 0 Å². The Kier molecular flexibility index (Phi) is 4.98. The Morgan fingerprint density at radius 3 is 2.57 bits per heavy atom. The molecule has 2 heterocycles. The van der Waals surface area contributed by atoms with Crippen LogP contribution in [0.4, 0.5) is 5.82 Å². The van der Waals surface area contributed by atoms with E-state index in [2.05, 4.69) is 15.0 Å². The minimum atomic E-state index is -3.79. The van der Waals surface area contributed by atoms with Crippen LogP contribution >= 0.6 is 22.9 Å². The van der Waals surface area contributed by atoms with Crippen molar-refractivity contribution < 1.29 is 8.42 Å². The maximum absolute atomic E-state index is 11.6. The van der Waals surface area contributed by atoms with E-state index in [1.165, 1.54) is 6.07 Å². The minimum Gasteiger partial charge on any atom is -0.387 e. The maximum Gasteiger partial charge on any atom is 0.247 e. The molecule has 11 heteroatoms. The molecule has 5 N–H and O–H groups in total. The summed E-state index contributed by atoms with van der Waals surface area (Å²) in [5.74, 6) is 1.43. The number of sulfonamides is 1. The summed E-state index contributed by atoms with van der Waals surface area (Å²) >= 11 is 7.48. The first-order valence-corrected chi connectivity index (χ1v) is 11.6. The molecule has 2 fully saturated rings. The lowest BCUT2D eigenvalue weighted by molar-refractivity contribution is 0.600. The van der Waals surface area contributed by atoms with Gasteiger partial charge < -0.3 is 11.1 Å². The number of aliphatic imine (C=N–C) groups is 1. The third-order valence-electron chi connectivity index (χ3n) is 4.60. The first-order chi connectivity index (χ1) is 13.2. The van der Waals surface area contributed by atoms with Crippen LogP contribution < -0.4 is 10.9 Å². The van der Waals surface area contributed by atoms with E-state index in [1.807, 2.05) is 0 Å². The molecule has 8 nitrogen and oxygen atoms in total. The van der Waals surface area contributed by atoms with E-state index < -0.39 is 10.0 Å². The molecule has 4 rings (SSSR count). The Morgan fingerprint density at radius 1 is 1.29 bits per heavy atom. The smallest absolute Gasteiger partial charge is 0.247 e. The molecule has 2 aliphatic carbocycles. The summed E-state index contributed by atoms with van der Waals surface area (Å²) in [4.78, 5) is 13.9. The number of hydrogen-bond acceptors (Lipinski definition) is 7. The summed E-state index contributed by atoms with van der Waals surface area (Å²) in [6, 6.07) is 3.04. The first kappa shape index (κ1) is 19.4. The zero-order valence-corrected chi connectivity index (χ0v) is 17.2. The number of nitrogens with two attached hydrogens (primary N) is 2. The van der Waals surface area contributed by atoms with Crippen molar-refractivity contribution in [1.82, 2.24) is 9.97 Å². The molecule has 0 bridgehead atoms. The van der Waals surface area contributed by atoms with E-state index in [0.717, 1.165) is 37.0 Å². The number of thiophene rings is 1. The maximum atomic E-state index is 11.6. The molecular weight excluding hydrogens is 420 g/mol. The van der Waals surface area contributed by atoms with E-state index in [0.29, 0.717) is 33.0 Å². The second kappa shape index (κ2) is 7.18. The first-order valence-electron chi connectivity index (χ1n) is 8.83. The molecule has 2 saturated carbocycles. The molecule has 0 spiro atoms. The Hall–Kier alpha value is -1.88. The van der Waals surface area contributed by atoms with Crippen molar-refractivity contribution >= 4 is 50.3 Å². The van der Waals surface area contributed by atoms with Crippen molar-refractivity contribution in [2.45, 2.75) is 42.2 Å².